The van der Waals surface area contributed by atoms with Gasteiger partial charge in [-0.05, 0) is 51.8 Å². The van der Waals surface area contributed by atoms with Crippen LogP contribution in [0, 0.1) is 0 Å². The van der Waals surface area contributed by atoms with Gasteiger partial charge in [0.15, 0.2) is 0 Å². The lowest BCUT2D eigenvalue weighted by molar-refractivity contribution is 0.799. The van der Waals surface area contributed by atoms with E-state index in [1.807, 2.05) is 18.7 Å². The first-order valence-corrected chi connectivity index (χ1v) is 10.1. The molecule has 0 saturated heterocycles. The van der Waals surface area contributed by atoms with Crippen LogP contribution >= 0.6 is 0 Å². The Labute approximate surface area is 167 Å². The minimum Gasteiger partial charge on any atom is -0.333 e. The summed E-state index contributed by atoms with van der Waals surface area (Å²) in [5.41, 5.74) is 9.42. The average molecular weight is 367 g/mol. The summed E-state index contributed by atoms with van der Waals surface area (Å²) >= 11 is 0. The summed E-state index contributed by atoms with van der Waals surface area (Å²) in [5.74, 6) is 0. The van der Waals surface area contributed by atoms with Gasteiger partial charge in [0.1, 0.15) is 0 Å². The molecule has 0 aliphatic carbocycles. The van der Waals surface area contributed by atoms with Gasteiger partial charge in [-0.1, -0.05) is 80.6 Å². The largest absolute Gasteiger partial charge is 0.333 e. The van der Waals surface area contributed by atoms with Crippen LogP contribution < -0.4 is 0 Å². The van der Waals surface area contributed by atoms with Crippen LogP contribution in [0.1, 0.15) is 30.5 Å². The number of nitrogens with zero attached hydrogens (tertiary/aromatic N) is 2. The van der Waals surface area contributed by atoms with E-state index in [1.54, 1.807) is 0 Å². The molecule has 0 N–H and O–H groups in total. The fourth-order valence-corrected chi connectivity index (χ4v) is 4.02. The first-order valence-electron chi connectivity index (χ1n) is 10.1. The van der Waals surface area contributed by atoms with E-state index < -0.39 is 0 Å². The molecule has 1 aromatic heterocycles. The van der Waals surface area contributed by atoms with Crippen molar-refractivity contribution >= 4 is 0 Å². The first-order chi connectivity index (χ1) is 13.8. The summed E-state index contributed by atoms with van der Waals surface area (Å²) in [6.45, 7) is 5.28. The van der Waals surface area contributed by atoms with Crippen molar-refractivity contribution in [3.63, 3.8) is 0 Å². The standard InChI is InChI=1S/C26H26N2/c1-3-20-10-5-7-13-23(20)25-15-9-12-22(18-28-17-16-27-19-28)26(25)24-14-8-6-11-21(24)4-2/h5-17,19H,3-4,18H2,1-2H3. The van der Waals surface area contributed by atoms with E-state index in [0.717, 1.165) is 19.4 Å². The van der Waals surface area contributed by atoms with E-state index in [4.69, 9.17) is 0 Å². The molecule has 0 saturated carbocycles. The first kappa shape index (κ1) is 18.2. The molecule has 2 nitrogen and oxygen atoms in total. The van der Waals surface area contributed by atoms with Gasteiger partial charge in [-0.2, -0.15) is 0 Å². The van der Waals surface area contributed by atoms with Gasteiger partial charge in [-0.25, -0.2) is 4.98 Å². The van der Waals surface area contributed by atoms with Crippen LogP contribution in [0.4, 0.5) is 0 Å². The highest BCUT2D eigenvalue weighted by atomic mass is 15.0. The number of hydrogen-bond donors (Lipinski definition) is 0. The van der Waals surface area contributed by atoms with Crippen molar-refractivity contribution in [3.05, 3.63) is 102 Å². The summed E-state index contributed by atoms with van der Waals surface area (Å²) in [5, 5.41) is 0. The Morgan fingerprint density at radius 1 is 0.679 bits per heavy atom. The minimum absolute atomic E-state index is 0.815. The van der Waals surface area contributed by atoms with Gasteiger partial charge in [0.05, 0.1) is 6.33 Å². The SMILES string of the molecule is CCc1ccccc1-c1cccc(Cn2ccnc2)c1-c1ccccc1CC. The number of hydrogen-bond acceptors (Lipinski definition) is 1. The van der Waals surface area contributed by atoms with E-state index in [1.165, 1.54) is 38.9 Å². The smallest absolute Gasteiger partial charge is 0.0949 e. The Bertz CT molecular complexity index is 1060. The van der Waals surface area contributed by atoms with Crippen LogP contribution in [0.2, 0.25) is 0 Å². The second-order valence-electron chi connectivity index (χ2n) is 7.10. The topological polar surface area (TPSA) is 17.8 Å². The van der Waals surface area contributed by atoms with E-state index in [-0.39, 0.29) is 0 Å². The number of aromatic nitrogens is 2. The summed E-state index contributed by atoms with van der Waals surface area (Å²) in [4.78, 5) is 4.23. The van der Waals surface area contributed by atoms with Gasteiger partial charge in [-0.15, -0.1) is 0 Å². The Morgan fingerprint density at radius 2 is 1.29 bits per heavy atom. The average Bonchev–Trinajstić information content (AvgIpc) is 3.26. The van der Waals surface area contributed by atoms with Crippen LogP contribution in [0.15, 0.2) is 85.5 Å². The molecule has 4 aromatic rings. The van der Waals surface area contributed by atoms with Crippen LogP contribution in [0.25, 0.3) is 22.3 Å². The maximum Gasteiger partial charge on any atom is 0.0949 e. The van der Waals surface area contributed by atoms with E-state index in [0.29, 0.717) is 0 Å². The molecule has 3 aromatic carbocycles. The zero-order valence-electron chi connectivity index (χ0n) is 16.6. The Hall–Kier alpha value is -3.13. The van der Waals surface area contributed by atoms with Crippen molar-refractivity contribution < 1.29 is 0 Å². The van der Waals surface area contributed by atoms with E-state index >= 15 is 0 Å². The minimum atomic E-state index is 0.815. The van der Waals surface area contributed by atoms with Crippen LogP contribution in [-0.4, -0.2) is 9.55 Å². The highest BCUT2D eigenvalue weighted by Crippen LogP contribution is 2.38. The Balaban J connectivity index is 1.98. The highest BCUT2D eigenvalue weighted by molar-refractivity contribution is 5.88. The zero-order valence-corrected chi connectivity index (χ0v) is 16.6. The molecule has 0 radical (unpaired) electrons. The summed E-state index contributed by atoms with van der Waals surface area (Å²) in [6.07, 6.45) is 7.81. The molecule has 4 rings (SSSR count). The molecule has 0 unspecified atom stereocenters. The molecule has 0 fully saturated rings. The lowest BCUT2D eigenvalue weighted by atomic mass is 9.86. The van der Waals surface area contributed by atoms with Gasteiger partial charge in [0.25, 0.3) is 0 Å². The quantitative estimate of drug-likeness (QED) is 0.386. The lowest BCUT2D eigenvalue weighted by Crippen LogP contribution is -2.02. The fourth-order valence-electron chi connectivity index (χ4n) is 4.02. The maximum atomic E-state index is 4.23. The molecule has 140 valence electrons. The van der Waals surface area contributed by atoms with Gasteiger partial charge in [0, 0.05) is 18.9 Å². The molecule has 0 aliphatic heterocycles. The second-order valence-corrected chi connectivity index (χ2v) is 7.10. The predicted octanol–water partition coefficient (Wildman–Crippen LogP) is 6.39. The molecule has 0 spiro atoms. The van der Waals surface area contributed by atoms with Crippen LogP contribution in [0.3, 0.4) is 0 Å². The summed E-state index contributed by atoms with van der Waals surface area (Å²) < 4.78 is 2.14. The lowest BCUT2D eigenvalue weighted by Gasteiger charge is -2.20. The van der Waals surface area contributed by atoms with Crippen LogP contribution in [0.5, 0.6) is 0 Å². The summed E-state index contributed by atoms with van der Waals surface area (Å²) in [6, 6.07) is 24.3. The third-order valence-corrected chi connectivity index (χ3v) is 5.42. The third-order valence-electron chi connectivity index (χ3n) is 5.42. The molecular formula is C26H26N2. The number of benzene rings is 3. The summed E-state index contributed by atoms with van der Waals surface area (Å²) in [7, 11) is 0. The molecule has 0 aliphatic rings. The molecule has 0 amide bonds. The third kappa shape index (κ3) is 3.50. The Morgan fingerprint density at radius 3 is 1.96 bits per heavy atom. The highest BCUT2D eigenvalue weighted by Gasteiger charge is 2.16. The normalized spacial score (nSPS) is 10.9. The molecule has 2 heteroatoms. The predicted molar refractivity (Wildman–Crippen MR) is 117 cm³/mol. The van der Waals surface area contributed by atoms with Crippen molar-refractivity contribution in [2.45, 2.75) is 33.2 Å². The van der Waals surface area contributed by atoms with E-state index in [2.05, 4.69) is 90.1 Å². The Kier molecular flexibility index (Phi) is 5.38. The van der Waals surface area contributed by atoms with Crippen molar-refractivity contribution in [1.82, 2.24) is 9.55 Å². The van der Waals surface area contributed by atoms with Crippen molar-refractivity contribution in [1.29, 1.82) is 0 Å². The van der Waals surface area contributed by atoms with Gasteiger partial charge in [-0.3, -0.25) is 0 Å². The van der Waals surface area contributed by atoms with Crippen LogP contribution in [-0.2, 0) is 19.4 Å². The fraction of sp³-hybridized carbons (Fsp3) is 0.192. The molecule has 0 bridgehead atoms. The van der Waals surface area contributed by atoms with Gasteiger partial charge in [0.2, 0.25) is 0 Å². The molecule has 0 atom stereocenters. The van der Waals surface area contributed by atoms with Gasteiger partial charge >= 0.3 is 0 Å². The van der Waals surface area contributed by atoms with Gasteiger partial charge < -0.3 is 4.57 Å². The second kappa shape index (κ2) is 8.26. The molecule has 28 heavy (non-hydrogen) atoms. The molecular weight excluding hydrogens is 340 g/mol. The maximum absolute atomic E-state index is 4.23. The zero-order chi connectivity index (χ0) is 19.3. The number of imidazole rings is 1. The van der Waals surface area contributed by atoms with E-state index in [9.17, 15) is 0 Å². The van der Waals surface area contributed by atoms with Crippen molar-refractivity contribution in [3.8, 4) is 22.3 Å². The van der Waals surface area contributed by atoms with Crippen molar-refractivity contribution in [2.24, 2.45) is 0 Å². The number of rotatable bonds is 6. The monoisotopic (exact) mass is 366 g/mol. The van der Waals surface area contributed by atoms with Crippen molar-refractivity contribution in [2.75, 3.05) is 0 Å². The molecule has 1 heterocycles. The number of aryl methyl sites for hydroxylation is 2.